The molecule has 0 spiro atoms. The number of furan rings is 1. The lowest BCUT2D eigenvalue weighted by atomic mass is 9.81. The number of fused-ring (bicyclic) bond motifs is 6. The molecule has 0 fully saturated rings. The minimum atomic E-state index is -0.0836. The Bertz CT molecular complexity index is 3170. The van der Waals surface area contributed by atoms with Crippen molar-refractivity contribution in [3.63, 3.8) is 0 Å². The zero-order chi connectivity index (χ0) is 39.5. The molecule has 0 saturated heterocycles. The second kappa shape index (κ2) is 13.9. The van der Waals surface area contributed by atoms with E-state index in [0.29, 0.717) is 0 Å². The zero-order valence-electron chi connectivity index (χ0n) is 33.1. The van der Waals surface area contributed by atoms with Crippen LogP contribution in [0.1, 0.15) is 25.0 Å². The van der Waals surface area contributed by atoms with E-state index in [4.69, 9.17) is 4.42 Å². The van der Waals surface area contributed by atoms with E-state index in [9.17, 15) is 0 Å². The Morgan fingerprint density at radius 2 is 0.881 bits per heavy atom. The predicted octanol–water partition coefficient (Wildman–Crippen LogP) is 16.0. The van der Waals surface area contributed by atoms with Gasteiger partial charge in [0.15, 0.2) is 0 Å². The fourth-order valence-electron chi connectivity index (χ4n) is 9.29. The number of para-hydroxylation sites is 1. The third-order valence-electron chi connectivity index (χ3n) is 12.3. The molecule has 0 N–H and O–H groups in total. The van der Waals surface area contributed by atoms with E-state index < -0.39 is 0 Å². The molecule has 0 atom stereocenters. The molecule has 11 rings (SSSR count). The summed E-state index contributed by atoms with van der Waals surface area (Å²) in [4.78, 5) is 2.41. The average molecular weight is 756 g/mol. The number of benzene rings is 9. The first-order valence-electron chi connectivity index (χ1n) is 20.4. The van der Waals surface area contributed by atoms with Crippen molar-refractivity contribution in [3.05, 3.63) is 223 Å². The average Bonchev–Trinajstić information content (AvgIpc) is 3.80. The van der Waals surface area contributed by atoms with Crippen molar-refractivity contribution in [2.24, 2.45) is 0 Å². The van der Waals surface area contributed by atoms with E-state index in [1.54, 1.807) is 0 Å². The minimum Gasteiger partial charge on any atom is -0.455 e. The van der Waals surface area contributed by atoms with Crippen LogP contribution in [0.25, 0.3) is 77.6 Å². The first-order valence-corrected chi connectivity index (χ1v) is 20.4. The van der Waals surface area contributed by atoms with Crippen molar-refractivity contribution in [1.29, 1.82) is 0 Å². The summed E-state index contributed by atoms with van der Waals surface area (Å²) in [6.45, 7) is 4.70. The van der Waals surface area contributed by atoms with Crippen molar-refractivity contribution >= 4 is 39.0 Å². The van der Waals surface area contributed by atoms with E-state index in [1.807, 2.05) is 0 Å². The summed E-state index contributed by atoms with van der Waals surface area (Å²) in [7, 11) is 0. The highest BCUT2D eigenvalue weighted by Gasteiger charge is 2.35. The molecule has 0 saturated carbocycles. The molecule has 10 aromatic rings. The van der Waals surface area contributed by atoms with Crippen molar-refractivity contribution in [2.75, 3.05) is 4.90 Å². The Hall–Kier alpha value is -7.42. The van der Waals surface area contributed by atoms with Gasteiger partial charge in [-0.05, 0) is 110 Å². The smallest absolute Gasteiger partial charge is 0.145 e. The van der Waals surface area contributed by atoms with Crippen LogP contribution in [0, 0.1) is 0 Å². The molecule has 0 unspecified atom stereocenters. The Labute approximate surface area is 345 Å². The highest BCUT2D eigenvalue weighted by molar-refractivity contribution is 6.17. The van der Waals surface area contributed by atoms with Crippen molar-refractivity contribution < 1.29 is 4.42 Å². The van der Waals surface area contributed by atoms with Gasteiger partial charge < -0.3 is 9.32 Å². The summed E-state index contributed by atoms with van der Waals surface area (Å²) in [5.74, 6) is 0. The summed E-state index contributed by atoms with van der Waals surface area (Å²) in [5, 5.41) is 2.17. The molecule has 1 aromatic heterocycles. The molecule has 2 heteroatoms. The van der Waals surface area contributed by atoms with Gasteiger partial charge in [-0.1, -0.05) is 178 Å². The van der Waals surface area contributed by atoms with Gasteiger partial charge in [0.25, 0.3) is 0 Å². The van der Waals surface area contributed by atoms with Crippen LogP contribution in [-0.2, 0) is 5.41 Å². The molecule has 1 heterocycles. The number of hydrogen-bond donors (Lipinski definition) is 0. The highest BCUT2D eigenvalue weighted by Crippen LogP contribution is 2.51. The van der Waals surface area contributed by atoms with Crippen LogP contribution in [0.5, 0.6) is 0 Å². The Kier molecular flexibility index (Phi) is 8.20. The normalized spacial score (nSPS) is 12.7. The second-order valence-corrected chi connectivity index (χ2v) is 16.1. The maximum Gasteiger partial charge on any atom is 0.145 e. The summed E-state index contributed by atoms with van der Waals surface area (Å²) >= 11 is 0. The van der Waals surface area contributed by atoms with Crippen LogP contribution < -0.4 is 4.90 Å². The third kappa shape index (κ3) is 5.87. The van der Waals surface area contributed by atoms with E-state index in [-0.39, 0.29) is 5.41 Å². The van der Waals surface area contributed by atoms with Crippen LogP contribution in [0.2, 0.25) is 0 Å². The summed E-state index contributed by atoms with van der Waals surface area (Å²) in [6.07, 6.45) is 0. The molecule has 280 valence electrons. The van der Waals surface area contributed by atoms with Gasteiger partial charge in [0.05, 0.1) is 11.1 Å². The van der Waals surface area contributed by atoms with Crippen LogP contribution in [0.4, 0.5) is 17.1 Å². The first-order chi connectivity index (χ1) is 29.0. The predicted molar refractivity (Wildman–Crippen MR) is 248 cm³/mol. The molecule has 0 aliphatic heterocycles. The third-order valence-corrected chi connectivity index (χ3v) is 12.3. The lowest BCUT2D eigenvalue weighted by molar-refractivity contribution is 0.660. The lowest BCUT2D eigenvalue weighted by Gasteiger charge is -2.28. The fourth-order valence-corrected chi connectivity index (χ4v) is 9.29. The molecule has 9 aromatic carbocycles. The number of hydrogen-bond acceptors (Lipinski definition) is 2. The molecule has 0 radical (unpaired) electrons. The van der Waals surface area contributed by atoms with Crippen LogP contribution >= 0.6 is 0 Å². The Morgan fingerprint density at radius 3 is 1.61 bits per heavy atom. The number of anilines is 3. The lowest BCUT2D eigenvalue weighted by Crippen LogP contribution is -2.14. The van der Waals surface area contributed by atoms with Gasteiger partial charge in [-0.2, -0.15) is 0 Å². The molecule has 2 nitrogen and oxygen atoms in total. The van der Waals surface area contributed by atoms with Gasteiger partial charge in [0.1, 0.15) is 11.2 Å². The first kappa shape index (κ1) is 34.8. The largest absolute Gasteiger partial charge is 0.455 e. The van der Waals surface area contributed by atoms with Gasteiger partial charge in [-0.15, -0.1) is 0 Å². The Morgan fingerprint density at radius 1 is 0.373 bits per heavy atom. The highest BCUT2D eigenvalue weighted by atomic mass is 16.3. The summed E-state index contributed by atoms with van der Waals surface area (Å²) in [5.41, 5.74) is 19.6. The maximum atomic E-state index is 6.80. The topological polar surface area (TPSA) is 16.4 Å². The minimum absolute atomic E-state index is 0.0836. The SMILES string of the molecule is CC1(C)c2ccccc2-c2ccc(-c3cccc(N(c4cccc(-c5ccc(-c6ccccc6)cc5)c4)c4ccc(-c5ccccc5)c5oc6ccccc6c45)c3)cc21. The molecule has 0 bridgehead atoms. The molecule has 1 aliphatic carbocycles. The molecular formula is C57H41NO. The van der Waals surface area contributed by atoms with Crippen molar-refractivity contribution in [3.8, 4) is 55.6 Å². The van der Waals surface area contributed by atoms with Crippen LogP contribution in [0.15, 0.2) is 217 Å². The fraction of sp³-hybridized carbons (Fsp3) is 0.0526. The van der Waals surface area contributed by atoms with Crippen LogP contribution in [0.3, 0.4) is 0 Å². The van der Waals surface area contributed by atoms with E-state index >= 15 is 0 Å². The van der Waals surface area contributed by atoms with Gasteiger partial charge >= 0.3 is 0 Å². The van der Waals surface area contributed by atoms with Crippen molar-refractivity contribution in [1.82, 2.24) is 0 Å². The summed E-state index contributed by atoms with van der Waals surface area (Å²) in [6, 6.07) is 76.7. The number of rotatable bonds is 7. The number of nitrogens with zero attached hydrogens (tertiary/aromatic N) is 1. The van der Waals surface area contributed by atoms with E-state index in [0.717, 1.165) is 55.7 Å². The quantitative estimate of drug-likeness (QED) is 0.161. The summed E-state index contributed by atoms with van der Waals surface area (Å²) < 4.78 is 6.80. The zero-order valence-corrected chi connectivity index (χ0v) is 33.1. The van der Waals surface area contributed by atoms with Crippen molar-refractivity contribution in [2.45, 2.75) is 19.3 Å². The van der Waals surface area contributed by atoms with Gasteiger partial charge in [0, 0.05) is 27.7 Å². The molecular weight excluding hydrogens is 715 g/mol. The van der Waals surface area contributed by atoms with Gasteiger partial charge in [-0.25, -0.2) is 0 Å². The standard InChI is InChI=1S/C57H41NO/c1-57(2)51-25-11-9-23-48(51)49-32-31-44(37-52(49)57)43-20-14-22-46(36-43)58(45-21-13-19-42(35-45)40-29-27-39(28-30-40)38-15-5-3-6-16-38)53-34-33-47(41-17-7-4-8-18-41)56-55(53)50-24-10-12-26-54(50)59-56/h3-37H,1-2H3. The van der Waals surface area contributed by atoms with E-state index in [2.05, 4.69) is 231 Å². The van der Waals surface area contributed by atoms with E-state index in [1.165, 1.54) is 50.1 Å². The van der Waals surface area contributed by atoms with Gasteiger partial charge in [-0.3, -0.25) is 0 Å². The van der Waals surface area contributed by atoms with Gasteiger partial charge in [0.2, 0.25) is 0 Å². The molecule has 0 amide bonds. The second-order valence-electron chi connectivity index (χ2n) is 16.1. The molecule has 59 heavy (non-hydrogen) atoms. The molecule has 1 aliphatic rings. The Balaban J connectivity index is 1.09. The monoisotopic (exact) mass is 755 g/mol. The van der Waals surface area contributed by atoms with Crippen LogP contribution in [-0.4, -0.2) is 0 Å². The maximum absolute atomic E-state index is 6.80.